The standard InChI is InChI=1S/C5H12O3.C5H12O/c1-7-3-5(6)4-8-2;1-3-5(6)4-2/h5-6H,3-4H2,1-2H3;5-6H,3-4H2,1-2H3. The Labute approximate surface area is 86.8 Å². The lowest BCUT2D eigenvalue weighted by Gasteiger charge is -2.05. The van der Waals surface area contributed by atoms with Gasteiger partial charge >= 0.3 is 0 Å². The maximum absolute atomic E-state index is 8.80. The van der Waals surface area contributed by atoms with E-state index in [-0.39, 0.29) is 6.10 Å². The summed E-state index contributed by atoms with van der Waals surface area (Å²) >= 11 is 0. The van der Waals surface area contributed by atoms with E-state index in [1.807, 2.05) is 13.8 Å². The fraction of sp³-hybridized carbons (Fsp3) is 1.00. The smallest absolute Gasteiger partial charge is 0.101 e. The minimum Gasteiger partial charge on any atom is -0.393 e. The van der Waals surface area contributed by atoms with Crippen LogP contribution in [0.25, 0.3) is 0 Å². The lowest BCUT2D eigenvalue weighted by molar-refractivity contribution is 0.00980. The third-order valence-electron chi connectivity index (χ3n) is 1.66. The number of aliphatic hydroxyl groups excluding tert-OH is 2. The molecule has 4 nitrogen and oxygen atoms in total. The van der Waals surface area contributed by atoms with Crippen LogP contribution in [-0.2, 0) is 9.47 Å². The third kappa shape index (κ3) is 14.4. The molecule has 88 valence electrons. The molecule has 0 aliphatic carbocycles. The number of ether oxygens (including phenoxy) is 2. The Bertz CT molecular complexity index is 88.1. The van der Waals surface area contributed by atoms with Gasteiger partial charge in [-0.3, -0.25) is 0 Å². The summed E-state index contributed by atoms with van der Waals surface area (Å²) in [6.45, 7) is 4.64. The Morgan fingerprint density at radius 3 is 1.36 bits per heavy atom. The Kier molecular flexibility index (Phi) is 14.9. The van der Waals surface area contributed by atoms with Gasteiger partial charge in [0.2, 0.25) is 0 Å². The third-order valence-corrected chi connectivity index (χ3v) is 1.66. The van der Waals surface area contributed by atoms with Crippen molar-refractivity contribution in [3.8, 4) is 0 Å². The van der Waals surface area contributed by atoms with Gasteiger partial charge in [0.15, 0.2) is 0 Å². The first kappa shape index (κ1) is 16.3. The second-order valence-corrected chi connectivity index (χ2v) is 3.03. The zero-order valence-electron chi connectivity index (χ0n) is 9.69. The molecule has 0 aromatic rings. The van der Waals surface area contributed by atoms with Crippen LogP contribution in [0.4, 0.5) is 0 Å². The van der Waals surface area contributed by atoms with E-state index in [0.29, 0.717) is 13.2 Å². The van der Waals surface area contributed by atoms with E-state index in [1.54, 1.807) is 14.2 Å². The van der Waals surface area contributed by atoms with Gasteiger partial charge in [-0.2, -0.15) is 0 Å². The first-order chi connectivity index (χ1) is 6.62. The molecule has 0 radical (unpaired) electrons. The summed E-state index contributed by atoms with van der Waals surface area (Å²) in [5.41, 5.74) is 0. The molecule has 0 bridgehead atoms. The number of methoxy groups -OCH3 is 2. The lowest BCUT2D eigenvalue weighted by atomic mass is 10.2. The van der Waals surface area contributed by atoms with Crippen molar-refractivity contribution in [1.29, 1.82) is 0 Å². The van der Waals surface area contributed by atoms with E-state index in [2.05, 4.69) is 9.47 Å². The van der Waals surface area contributed by atoms with Crippen molar-refractivity contribution in [3.05, 3.63) is 0 Å². The fourth-order valence-electron chi connectivity index (χ4n) is 0.722. The molecule has 0 aliphatic heterocycles. The van der Waals surface area contributed by atoms with Gasteiger partial charge in [-0.1, -0.05) is 13.8 Å². The predicted octanol–water partition coefficient (Wildman–Crippen LogP) is 0.807. The number of hydrogen-bond acceptors (Lipinski definition) is 4. The van der Waals surface area contributed by atoms with Crippen molar-refractivity contribution in [2.75, 3.05) is 27.4 Å². The average Bonchev–Trinajstić information content (AvgIpc) is 2.18. The molecule has 0 fully saturated rings. The van der Waals surface area contributed by atoms with Crippen molar-refractivity contribution in [2.24, 2.45) is 0 Å². The Morgan fingerprint density at radius 1 is 0.857 bits per heavy atom. The van der Waals surface area contributed by atoms with Crippen LogP contribution in [0.5, 0.6) is 0 Å². The first-order valence-corrected chi connectivity index (χ1v) is 4.96. The minimum absolute atomic E-state index is 0.0648. The summed E-state index contributed by atoms with van der Waals surface area (Å²) in [5.74, 6) is 0. The van der Waals surface area contributed by atoms with E-state index >= 15 is 0 Å². The van der Waals surface area contributed by atoms with Crippen molar-refractivity contribution in [2.45, 2.75) is 38.9 Å². The lowest BCUT2D eigenvalue weighted by Crippen LogP contribution is -2.19. The van der Waals surface area contributed by atoms with Crippen LogP contribution >= 0.6 is 0 Å². The molecule has 2 N–H and O–H groups in total. The molecule has 14 heavy (non-hydrogen) atoms. The van der Waals surface area contributed by atoms with E-state index in [0.717, 1.165) is 12.8 Å². The normalized spacial score (nSPS) is 10.3. The molecule has 0 unspecified atom stereocenters. The molecule has 0 atom stereocenters. The highest BCUT2D eigenvalue weighted by Gasteiger charge is 1.99. The van der Waals surface area contributed by atoms with Gasteiger partial charge in [0, 0.05) is 14.2 Å². The highest BCUT2D eigenvalue weighted by atomic mass is 16.5. The summed E-state index contributed by atoms with van der Waals surface area (Å²) in [5, 5.41) is 17.5. The molecule has 0 spiro atoms. The summed E-state index contributed by atoms with van der Waals surface area (Å²) in [6.07, 6.45) is 1.22. The van der Waals surface area contributed by atoms with Gasteiger partial charge in [0.05, 0.1) is 19.3 Å². The van der Waals surface area contributed by atoms with Crippen LogP contribution in [-0.4, -0.2) is 49.9 Å². The maximum Gasteiger partial charge on any atom is 0.101 e. The van der Waals surface area contributed by atoms with Crippen LogP contribution < -0.4 is 0 Å². The van der Waals surface area contributed by atoms with Gasteiger partial charge in [-0.05, 0) is 12.8 Å². The number of rotatable bonds is 6. The first-order valence-electron chi connectivity index (χ1n) is 4.96. The highest BCUT2D eigenvalue weighted by Crippen LogP contribution is 1.92. The molecule has 0 saturated heterocycles. The molecule has 0 amide bonds. The van der Waals surface area contributed by atoms with Crippen LogP contribution in [0, 0.1) is 0 Å². The minimum atomic E-state index is -0.481. The van der Waals surface area contributed by atoms with Gasteiger partial charge in [0.25, 0.3) is 0 Å². The van der Waals surface area contributed by atoms with Crippen molar-refractivity contribution < 1.29 is 19.7 Å². The molecule has 0 heterocycles. The van der Waals surface area contributed by atoms with E-state index in [4.69, 9.17) is 10.2 Å². The fourth-order valence-corrected chi connectivity index (χ4v) is 0.722. The monoisotopic (exact) mass is 208 g/mol. The summed E-state index contributed by atoms with van der Waals surface area (Å²) in [6, 6.07) is 0. The van der Waals surface area contributed by atoms with Crippen molar-refractivity contribution in [3.63, 3.8) is 0 Å². The van der Waals surface area contributed by atoms with Crippen LogP contribution in [0.2, 0.25) is 0 Å². The summed E-state index contributed by atoms with van der Waals surface area (Å²) < 4.78 is 9.25. The molecule has 0 aromatic heterocycles. The second-order valence-electron chi connectivity index (χ2n) is 3.03. The zero-order valence-corrected chi connectivity index (χ0v) is 9.69. The van der Waals surface area contributed by atoms with Gasteiger partial charge < -0.3 is 19.7 Å². The Morgan fingerprint density at radius 2 is 1.21 bits per heavy atom. The average molecular weight is 208 g/mol. The predicted molar refractivity (Wildman–Crippen MR) is 56.3 cm³/mol. The number of hydrogen-bond donors (Lipinski definition) is 2. The van der Waals surface area contributed by atoms with Crippen molar-refractivity contribution in [1.82, 2.24) is 0 Å². The Balaban J connectivity index is 0. The van der Waals surface area contributed by atoms with Gasteiger partial charge in [0.1, 0.15) is 6.10 Å². The molecule has 0 rings (SSSR count). The number of aliphatic hydroxyl groups is 2. The highest BCUT2D eigenvalue weighted by molar-refractivity contribution is 4.48. The SMILES string of the molecule is CCC(O)CC.COCC(O)COC. The largest absolute Gasteiger partial charge is 0.393 e. The van der Waals surface area contributed by atoms with Crippen molar-refractivity contribution >= 4 is 0 Å². The van der Waals surface area contributed by atoms with E-state index < -0.39 is 6.10 Å². The van der Waals surface area contributed by atoms with E-state index in [9.17, 15) is 0 Å². The summed E-state index contributed by atoms with van der Waals surface area (Å²) in [4.78, 5) is 0. The van der Waals surface area contributed by atoms with E-state index in [1.165, 1.54) is 0 Å². The van der Waals surface area contributed by atoms with Crippen LogP contribution in [0.15, 0.2) is 0 Å². The molecule has 0 aromatic carbocycles. The zero-order chi connectivity index (χ0) is 11.4. The van der Waals surface area contributed by atoms with Crippen LogP contribution in [0.1, 0.15) is 26.7 Å². The van der Waals surface area contributed by atoms with Crippen LogP contribution in [0.3, 0.4) is 0 Å². The summed E-state index contributed by atoms with van der Waals surface area (Å²) in [7, 11) is 3.08. The maximum atomic E-state index is 8.80. The van der Waals surface area contributed by atoms with Gasteiger partial charge in [-0.15, -0.1) is 0 Å². The second kappa shape index (κ2) is 12.8. The molecule has 0 aliphatic rings. The molecule has 4 heteroatoms. The molecular weight excluding hydrogens is 184 g/mol. The quantitative estimate of drug-likeness (QED) is 0.678. The topological polar surface area (TPSA) is 58.9 Å². The van der Waals surface area contributed by atoms with Gasteiger partial charge in [-0.25, -0.2) is 0 Å². The molecule has 0 saturated carbocycles. The molecular formula is C10H24O4. The Hall–Kier alpha value is -0.160.